The third-order valence-corrected chi connectivity index (χ3v) is 3.81. The van der Waals surface area contributed by atoms with Crippen LogP contribution in [0.2, 0.25) is 0 Å². The largest absolute Gasteiger partial charge is 0.493 e. The van der Waals surface area contributed by atoms with Crippen molar-refractivity contribution >= 4 is 29.7 Å². The summed E-state index contributed by atoms with van der Waals surface area (Å²) < 4.78 is 40.3. The first-order valence-corrected chi connectivity index (χ1v) is 7.92. The van der Waals surface area contributed by atoms with Gasteiger partial charge < -0.3 is 5.11 Å². The van der Waals surface area contributed by atoms with E-state index in [2.05, 4.69) is 10.2 Å². The number of rotatable bonds is 4. The Morgan fingerprint density at radius 1 is 1.23 bits per heavy atom. The summed E-state index contributed by atoms with van der Waals surface area (Å²) in [4.78, 5) is 12.6. The number of halogens is 3. The van der Waals surface area contributed by atoms with Crippen molar-refractivity contribution in [3.05, 3.63) is 15.1 Å². The molecule has 1 heterocycles. The van der Waals surface area contributed by atoms with Crippen molar-refractivity contribution in [1.29, 1.82) is 10.8 Å². The van der Waals surface area contributed by atoms with Crippen LogP contribution in [0, 0.1) is 15.6 Å². The molecule has 0 aliphatic heterocycles. The fourth-order valence-corrected chi connectivity index (χ4v) is 2.47. The molecule has 0 atom stereocenters. The van der Waals surface area contributed by atoms with Gasteiger partial charge in [-0.05, 0) is 33.0 Å². The maximum atomic E-state index is 12.6. The number of azo groups is 1. The molecule has 144 valence electrons. The van der Waals surface area contributed by atoms with E-state index in [4.69, 9.17) is 23.0 Å². The van der Waals surface area contributed by atoms with Crippen LogP contribution >= 0.6 is 12.2 Å². The maximum Gasteiger partial charge on any atom is 0.449 e. The third kappa shape index (κ3) is 4.15. The number of aromatic nitrogens is 2. The van der Waals surface area contributed by atoms with Gasteiger partial charge in [0.25, 0.3) is 5.56 Å². The summed E-state index contributed by atoms with van der Waals surface area (Å²) in [7, 11) is 0. The van der Waals surface area contributed by atoms with Crippen molar-refractivity contribution in [2.75, 3.05) is 6.54 Å². The Morgan fingerprint density at radius 2 is 1.77 bits per heavy atom. The molecule has 0 unspecified atom stereocenters. The van der Waals surface area contributed by atoms with Crippen LogP contribution in [0.15, 0.2) is 15.0 Å². The number of nitrogens with zero attached hydrogens (tertiary/aromatic N) is 5. The molecule has 0 bridgehead atoms. The Bertz CT molecular complexity index is 857. The zero-order chi connectivity index (χ0) is 20.2. The van der Waals surface area contributed by atoms with Gasteiger partial charge in [0.05, 0.1) is 0 Å². The SMILES string of the molecule is CCN(C(=N)N=Nc1c(O)n(CC)c(=S)n(CC)c1=O)C(=N)C(F)(F)F. The molecule has 0 fully saturated rings. The zero-order valence-electron chi connectivity index (χ0n) is 14.3. The fourth-order valence-electron chi connectivity index (χ4n) is 2.04. The van der Waals surface area contributed by atoms with Crippen LogP contribution in [0.4, 0.5) is 18.9 Å². The second kappa shape index (κ2) is 8.21. The monoisotopic (exact) mass is 393 g/mol. The van der Waals surface area contributed by atoms with Crippen LogP contribution in [-0.4, -0.2) is 43.7 Å². The summed E-state index contributed by atoms with van der Waals surface area (Å²) in [6.45, 7) is 4.62. The molecule has 0 amide bonds. The quantitative estimate of drug-likeness (QED) is 0.315. The predicted octanol–water partition coefficient (Wildman–Crippen LogP) is 3.00. The normalized spacial score (nSPS) is 11.8. The molecule has 26 heavy (non-hydrogen) atoms. The number of hydrogen-bond donors (Lipinski definition) is 3. The molecule has 0 saturated carbocycles. The van der Waals surface area contributed by atoms with Crippen LogP contribution in [-0.2, 0) is 13.1 Å². The summed E-state index contributed by atoms with van der Waals surface area (Å²) in [6, 6.07) is 0. The van der Waals surface area contributed by atoms with E-state index in [0.717, 1.165) is 4.57 Å². The standard InChI is InChI=1S/C13H18F3N7O2S/c1-4-21-8(24)7(9(25)22(5-2)12(21)26)19-20-11(18)23(6-3)10(17)13(14,15)16/h17-18,24H,4-6H2,1-3H3. The minimum atomic E-state index is -4.97. The van der Waals surface area contributed by atoms with Gasteiger partial charge in [-0.25, -0.2) is 0 Å². The summed E-state index contributed by atoms with van der Waals surface area (Å²) in [5.41, 5.74) is -1.34. The first kappa shape index (κ1) is 21.5. The maximum absolute atomic E-state index is 12.6. The molecule has 0 aromatic carbocycles. The minimum Gasteiger partial charge on any atom is -0.493 e. The number of nitrogens with one attached hydrogen (secondary N) is 2. The lowest BCUT2D eigenvalue weighted by atomic mass is 10.4. The lowest BCUT2D eigenvalue weighted by Gasteiger charge is -2.22. The van der Waals surface area contributed by atoms with Crippen molar-refractivity contribution in [1.82, 2.24) is 14.0 Å². The Morgan fingerprint density at radius 3 is 2.19 bits per heavy atom. The van der Waals surface area contributed by atoms with Gasteiger partial charge in [-0.15, -0.1) is 10.2 Å². The lowest BCUT2D eigenvalue weighted by molar-refractivity contribution is -0.0669. The smallest absolute Gasteiger partial charge is 0.449 e. The summed E-state index contributed by atoms with van der Waals surface area (Å²) in [6.07, 6.45) is -4.97. The average Bonchev–Trinajstić information content (AvgIpc) is 2.55. The van der Waals surface area contributed by atoms with Crippen molar-refractivity contribution in [2.45, 2.75) is 40.0 Å². The van der Waals surface area contributed by atoms with E-state index in [9.17, 15) is 23.1 Å². The molecule has 0 spiro atoms. The number of guanidine groups is 1. The molecule has 9 nitrogen and oxygen atoms in total. The zero-order valence-corrected chi connectivity index (χ0v) is 15.1. The molecular formula is C13H18F3N7O2S. The van der Waals surface area contributed by atoms with Crippen LogP contribution in [0.1, 0.15) is 20.8 Å². The van der Waals surface area contributed by atoms with Gasteiger partial charge in [0.15, 0.2) is 4.77 Å². The second-order valence-electron chi connectivity index (χ2n) is 4.86. The van der Waals surface area contributed by atoms with E-state index < -0.39 is 35.1 Å². The van der Waals surface area contributed by atoms with Crippen molar-refractivity contribution in [3.63, 3.8) is 0 Å². The number of hydrogen-bond acceptors (Lipinski definition) is 6. The van der Waals surface area contributed by atoms with Crippen LogP contribution < -0.4 is 5.56 Å². The van der Waals surface area contributed by atoms with E-state index in [-0.39, 0.29) is 29.3 Å². The van der Waals surface area contributed by atoms with Gasteiger partial charge in [-0.3, -0.25) is 29.6 Å². The first-order valence-electron chi connectivity index (χ1n) is 7.51. The van der Waals surface area contributed by atoms with E-state index in [1.807, 2.05) is 0 Å². The fraction of sp³-hybridized carbons (Fsp3) is 0.538. The number of amidine groups is 1. The molecular weight excluding hydrogens is 375 g/mol. The van der Waals surface area contributed by atoms with Gasteiger partial charge in [0, 0.05) is 19.6 Å². The molecule has 0 aliphatic carbocycles. The van der Waals surface area contributed by atoms with Crippen LogP contribution in [0.25, 0.3) is 0 Å². The summed E-state index contributed by atoms with van der Waals surface area (Å²) in [5, 5.41) is 31.5. The Labute approximate surface area is 151 Å². The number of aromatic hydroxyl groups is 1. The van der Waals surface area contributed by atoms with Gasteiger partial charge in [0.2, 0.25) is 23.4 Å². The topological polar surface area (TPSA) is 123 Å². The highest BCUT2D eigenvalue weighted by Crippen LogP contribution is 2.23. The highest BCUT2D eigenvalue weighted by molar-refractivity contribution is 7.71. The highest BCUT2D eigenvalue weighted by atomic mass is 32.1. The molecule has 0 radical (unpaired) electrons. The molecule has 0 aliphatic rings. The summed E-state index contributed by atoms with van der Waals surface area (Å²) >= 11 is 5.09. The Balaban J connectivity index is 3.39. The highest BCUT2D eigenvalue weighted by Gasteiger charge is 2.39. The van der Waals surface area contributed by atoms with Gasteiger partial charge in [0.1, 0.15) is 0 Å². The molecule has 0 saturated heterocycles. The molecule has 3 N–H and O–H groups in total. The first-order chi connectivity index (χ1) is 12.0. The molecule has 13 heteroatoms. The van der Waals surface area contributed by atoms with Crippen molar-refractivity contribution in [2.24, 2.45) is 10.2 Å². The Kier molecular flexibility index (Phi) is 6.78. The van der Waals surface area contributed by atoms with E-state index in [0.29, 0.717) is 0 Å². The van der Waals surface area contributed by atoms with Gasteiger partial charge in [-0.1, -0.05) is 0 Å². The van der Waals surface area contributed by atoms with Crippen LogP contribution in [0.3, 0.4) is 0 Å². The van der Waals surface area contributed by atoms with Gasteiger partial charge in [-0.2, -0.15) is 13.2 Å². The Hall–Kier alpha value is -2.57. The minimum absolute atomic E-state index is 0.0561. The molecule has 1 aromatic heterocycles. The van der Waals surface area contributed by atoms with E-state index in [1.54, 1.807) is 13.8 Å². The van der Waals surface area contributed by atoms with Crippen molar-refractivity contribution in [3.8, 4) is 5.88 Å². The third-order valence-electron chi connectivity index (χ3n) is 3.36. The average molecular weight is 393 g/mol. The lowest BCUT2D eigenvalue weighted by Crippen LogP contribution is -2.43. The molecule has 1 rings (SSSR count). The van der Waals surface area contributed by atoms with Gasteiger partial charge >= 0.3 is 6.18 Å². The molecule has 1 aromatic rings. The predicted molar refractivity (Wildman–Crippen MR) is 90.9 cm³/mol. The van der Waals surface area contributed by atoms with Crippen LogP contribution in [0.5, 0.6) is 5.88 Å². The van der Waals surface area contributed by atoms with Crippen molar-refractivity contribution < 1.29 is 18.3 Å². The van der Waals surface area contributed by atoms with E-state index in [1.165, 1.54) is 11.5 Å². The number of alkyl halides is 3. The summed E-state index contributed by atoms with van der Waals surface area (Å²) in [5.74, 6) is -3.39. The van der Waals surface area contributed by atoms with E-state index >= 15 is 0 Å². The second-order valence-corrected chi connectivity index (χ2v) is 5.23.